The minimum atomic E-state index is -1.21. The molecule has 1 fully saturated rings. The second kappa shape index (κ2) is 15.0. The standard InChI is InChI=1S/C33H41N3O9S/c1-18(38)10-25-19(2)31(29(33(41)42)36(25)20(3)39)46-24-14-26(32(40)34-23-9-7-8-21(11-23)17-37)35(16-24)15-22-12-27(43-4)30(45-6)28(13-22)44-5/h7-9,11-13,17-19,24-26,38H,10,14-16H2,1-6H3,(H,34,40)(H,41,42)/t18-,19-,24+,25+,26+/m1/s1. The lowest BCUT2D eigenvalue weighted by Gasteiger charge is -2.28. The van der Waals surface area contributed by atoms with E-state index in [1.807, 2.05) is 24.0 Å². The first-order valence-electron chi connectivity index (χ1n) is 14.9. The van der Waals surface area contributed by atoms with Gasteiger partial charge >= 0.3 is 5.97 Å². The van der Waals surface area contributed by atoms with Gasteiger partial charge in [0.05, 0.1) is 33.5 Å². The number of methoxy groups -OCH3 is 3. The van der Waals surface area contributed by atoms with Gasteiger partial charge in [0.2, 0.25) is 17.6 Å². The van der Waals surface area contributed by atoms with E-state index in [-0.39, 0.29) is 29.2 Å². The van der Waals surface area contributed by atoms with Crippen molar-refractivity contribution >= 4 is 41.5 Å². The fourth-order valence-electron chi connectivity index (χ4n) is 6.27. The summed E-state index contributed by atoms with van der Waals surface area (Å²) in [5, 5.41) is 23.1. The van der Waals surface area contributed by atoms with Crippen LogP contribution in [-0.2, 0) is 20.9 Å². The summed E-state index contributed by atoms with van der Waals surface area (Å²) in [6.45, 7) is 5.58. The normalized spacial score (nSPS) is 22.0. The molecule has 4 rings (SSSR count). The molecule has 0 spiro atoms. The number of anilines is 1. The molecule has 1 saturated heterocycles. The highest BCUT2D eigenvalue weighted by molar-refractivity contribution is 8.03. The number of nitrogens with one attached hydrogen (secondary N) is 1. The van der Waals surface area contributed by atoms with Crippen LogP contribution in [-0.4, -0.2) is 95.4 Å². The van der Waals surface area contributed by atoms with E-state index in [4.69, 9.17) is 14.2 Å². The van der Waals surface area contributed by atoms with Gasteiger partial charge in [-0.25, -0.2) is 4.79 Å². The molecule has 248 valence electrons. The van der Waals surface area contributed by atoms with Gasteiger partial charge in [-0.05, 0) is 49.6 Å². The summed E-state index contributed by atoms with van der Waals surface area (Å²) in [4.78, 5) is 54.2. The number of nitrogens with zero attached hydrogens (tertiary/aromatic N) is 2. The molecule has 0 aliphatic carbocycles. The van der Waals surface area contributed by atoms with Gasteiger partial charge in [-0.1, -0.05) is 19.1 Å². The molecule has 3 N–H and O–H groups in total. The number of thioether (sulfide) groups is 1. The number of aliphatic carboxylic acids is 1. The van der Waals surface area contributed by atoms with E-state index in [0.717, 1.165) is 5.56 Å². The average molecular weight is 656 g/mol. The van der Waals surface area contributed by atoms with Crippen LogP contribution in [0.15, 0.2) is 47.0 Å². The van der Waals surface area contributed by atoms with Gasteiger partial charge in [0.15, 0.2) is 11.5 Å². The number of carbonyl (C=O) groups excluding carboxylic acids is 3. The quantitative estimate of drug-likeness (QED) is 0.270. The monoisotopic (exact) mass is 655 g/mol. The number of hydrogen-bond acceptors (Lipinski definition) is 10. The predicted octanol–water partition coefficient (Wildman–Crippen LogP) is 3.77. The third kappa shape index (κ3) is 7.48. The smallest absolute Gasteiger partial charge is 0.353 e. The Morgan fingerprint density at radius 3 is 2.33 bits per heavy atom. The number of aldehydes is 1. The summed E-state index contributed by atoms with van der Waals surface area (Å²) in [6.07, 6.45) is 0.587. The Hall–Kier alpha value is -4.07. The van der Waals surface area contributed by atoms with Crippen molar-refractivity contribution in [2.45, 2.75) is 63.6 Å². The van der Waals surface area contributed by atoms with Gasteiger partial charge in [-0.15, -0.1) is 11.8 Å². The van der Waals surface area contributed by atoms with E-state index in [1.165, 1.54) is 44.9 Å². The molecule has 2 aromatic carbocycles. The fourth-order valence-corrected chi connectivity index (χ4v) is 7.84. The Bertz CT molecular complexity index is 1490. The largest absolute Gasteiger partial charge is 0.493 e. The SMILES string of the molecule is COc1cc(CN2C[C@@H](SC3=C(C(=O)O)N(C(C)=O)[C@@H](C[C@@H](C)O)[C@H]3C)C[C@H]2C(=O)Nc2cccc(C=O)c2)cc(OC)c1OC. The van der Waals surface area contributed by atoms with Crippen LogP contribution >= 0.6 is 11.8 Å². The Labute approximate surface area is 272 Å². The summed E-state index contributed by atoms with van der Waals surface area (Å²) in [5.41, 5.74) is 1.64. The molecule has 5 atom stereocenters. The zero-order valence-corrected chi connectivity index (χ0v) is 27.6. The molecule has 46 heavy (non-hydrogen) atoms. The third-order valence-electron chi connectivity index (χ3n) is 8.28. The van der Waals surface area contributed by atoms with Gasteiger partial charge < -0.3 is 34.6 Å². The molecule has 0 saturated carbocycles. The van der Waals surface area contributed by atoms with Crippen LogP contribution in [0, 0.1) is 5.92 Å². The zero-order valence-electron chi connectivity index (χ0n) is 26.8. The van der Waals surface area contributed by atoms with E-state index < -0.39 is 30.1 Å². The highest BCUT2D eigenvalue weighted by atomic mass is 32.2. The lowest BCUT2D eigenvalue weighted by molar-refractivity contribution is -0.140. The molecule has 0 bridgehead atoms. The molecule has 12 nitrogen and oxygen atoms in total. The van der Waals surface area contributed by atoms with Crippen molar-refractivity contribution in [2.75, 3.05) is 33.2 Å². The van der Waals surface area contributed by atoms with Crippen LogP contribution in [0.3, 0.4) is 0 Å². The van der Waals surface area contributed by atoms with Crippen LogP contribution in [0.5, 0.6) is 17.2 Å². The number of hydrogen-bond donors (Lipinski definition) is 3. The number of aliphatic hydroxyl groups is 1. The van der Waals surface area contributed by atoms with E-state index in [9.17, 15) is 29.4 Å². The summed E-state index contributed by atoms with van der Waals surface area (Å²) in [6, 6.07) is 9.15. The van der Waals surface area contributed by atoms with Crippen LogP contribution in [0.4, 0.5) is 5.69 Å². The third-order valence-corrected chi connectivity index (χ3v) is 9.78. The first-order valence-corrected chi connectivity index (χ1v) is 15.8. The highest BCUT2D eigenvalue weighted by Crippen LogP contribution is 2.47. The molecule has 2 aliphatic rings. The molecular formula is C33H41N3O9S. The van der Waals surface area contributed by atoms with E-state index >= 15 is 0 Å². The number of likely N-dealkylation sites (tertiary alicyclic amines) is 1. The van der Waals surface area contributed by atoms with Gasteiger partial charge in [-0.3, -0.25) is 19.3 Å². The Morgan fingerprint density at radius 2 is 1.78 bits per heavy atom. The second-order valence-corrected chi connectivity index (χ2v) is 12.9. The lowest BCUT2D eigenvalue weighted by atomic mass is 9.98. The molecular weight excluding hydrogens is 614 g/mol. The number of carboxylic acid groups (broad SMARTS) is 1. The summed E-state index contributed by atoms with van der Waals surface area (Å²) >= 11 is 1.37. The summed E-state index contributed by atoms with van der Waals surface area (Å²) in [7, 11) is 4.57. The molecule has 2 amide bonds. The average Bonchev–Trinajstić information content (AvgIpc) is 3.54. The minimum absolute atomic E-state index is 0.0783. The maximum absolute atomic E-state index is 13.8. The van der Waals surface area contributed by atoms with Crippen molar-refractivity contribution in [3.05, 3.63) is 58.1 Å². The fraction of sp³-hybridized carbons (Fsp3) is 0.455. The van der Waals surface area contributed by atoms with Crippen molar-refractivity contribution in [3.63, 3.8) is 0 Å². The van der Waals surface area contributed by atoms with Crippen molar-refractivity contribution in [3.8, 4) is 17.2 Å². The van der Waals surface area contributed by atoms with Crippen LogP contribution in [0.25, 0.3) is 0 Å². The number of aliphatic hydroxyl groups excluding tert-OH is 1. The Morgan fingerprint density at radius 1 is 1.11 bits per heavy atom. The molecule has 2 heterocycles. The maximum Gasteiger partial charge on any atom is 0.353 e. The first-order chi connectivity index (χ1) is 21.9. The lowest BCUT2D eigenvalue weighted by Crippen LogP contribution is -2.40. The van der Waals surface area contributed by atoms with Crippen LogP contribution < -0.4 is 19.5 Å². The van der Waals surface area contributed by atoms with E-state index in [0.29, 0.717) is 59.2 Å². The molecule has 2 aromatic rings. The number of amides is 2. The van der Waals surface area contributed by atoms with Crippen molar-refractivity contribution < 1.29 is 43.6 Å². The molecule has 13 heteroatoms. The molecule has 2 aliphatic heterocycles. The summed E-state index contributed by atoms with van der Waals surface area (Å²) < 4.78 is 16.5. The predicted molar refractivity (Wildman–Crippen MR) is 173 cm³/mol. The maximum atomic E-state index is 13.8. The van der Waals surface area contributed by atoms with Gasteiger partial charge in [-0.2, -0.15) is 0 Å². The van der Waals surface area contributed by atoms with E-state index in [2.05, 4.69) is 5.32 Å². The molecule has 0 radical (unpaired) electrons. The van der Waals surface area contributed by atoms with E-state index in [1.54, 1.807) is 31.2 Å². The number of ether oxygens (including phenoxy) is 3. The number of carbonyl (C=O) groups is 4. The van der Waals surface area contributed by atoms with Crippen molar-refractivity contribution in [1.82, 2.24) is 9.80 Å². The van der Waals surface area contributed by atoms with Crippen LogP contribution in [0.2, 0.25) is 0 Å². The molecule has 0 aromatic heterocycles. The second-order valence-electron chi connectivity index (χ2n) is 11.5. The number of rotatable bonds is 13. The topological polar surface area (TPSA) is 155 Å². The number of carboxylic acids is 1. The number of benzene rings is 2. The first kappa shape index (κ1) is 34.8. The van der Waals surface area contributed by atoms with Gasteiger partial charge in [0.25, 0.3) is 0 Å². The van der Waals surface area contributed by atoms with Gasteiger partial charge in [0, 0.05) is 53.4 Å². The van der Waals surface area contributed by atoms with Crippen molar-refractivity contribution in [2.24, 2.45) is 5.92 Å². The Balaban J connectivity index is 1.68. The zero-order chi connectivity index (χ0) is 33.7. The Kier molecular flexibility index (Phi) is 11.4. The van der Waals surface area contributed by atoms with Crippen LogP contribution in [0.1, 0.15) is 49.5 Å². The molecule has 0 unspecified atom stereocenters. The van der Waals surface area contributed by atoms with Crippen molar-refractivity contribution in [1.29, 1.82) is 0 Å². The van der Waals surface area contributed by atoms with Gasteiger partial charge in [0.1, 0.15) is 12.0 Å². The summed E-state index contributed by atoms with van der Waals surface area (Å²) in [5.74, 6) is -0.848. The highest BCUT2D eigenvalue weighted by Gasteiger charge is 2.46. The minimum Gasteiger partial charge on any atom is -0.493 e.